The van der Waals surface area contributed by atoms with E-state index in [9.17, 15) is 8.78 Å². The largest absolute Gasteiger partial charge is 0.393 e. The molecule has 0 aromatic heterocycles. The molecule has 1 aliphatic carbocycles. The van der Waals surface area contributed by atoms with Crippen molar-refractivity contribution < 1.29 is 13.9 Å². The number of rotatable bonds is 0. The molecular weight excluding hydrogens is 150 g/mol. The summed E-state index contributed by atoms with van der Waals surface area (Å²) in [6.45, 7) is 0. The normalized spacial score (nSPS) is 29.5. The average molecular weight is 160 g/mol. The van der Waals surface area contributed by atoms with Gasteiger partial charge in [-0.1, -0.05) is 5.92 Å². The van der Waals surface area contributed by atoms with Gasteiger partial charge in [-0.25, -0.2) is 0 Å². The Kier molecular flexibility index (Phi) is 2.45. The molecule has 0 aromatic carbocycles. The summed E-state index contributed by atoms with van der Waals surface area (Å²) >= 11 is 0. The number of alkyl halides is 2. The Hall–Kier alpha value is -0.620. The van der Waals surface area contributed by atoms with E-state index >= 15 is 0 Å². The average Bonchev–Trinajstić information content (AvgIpc) is 1.82. The molecule has 0 saturated heterocycles. The lowest BCUT2D eigenvalue weighted by Gasteiger charge is -2.16. The second-order valence-electron chi connectivity index (χ2n) is 2.76. The van der Waals surface area contributed by atoms with Crippen LogP contribution < -0.4 is 0 Å². The number of hydrogen-bond acceptors (Lipinski definition) is 1. The topological polar surface area (TPSA) is 20.2 Å². The molecule has 0 aliphatic heterocycles. The molecule has 1 nitrogen and oxygen atoms in total. The fourth-order valence-electron chi connectivity index (χ4n) is 1.07. The van der Waals surface area contributed by atoms with Crippen LogP contribution in [0.3, 0.4) is 0 Å². The summed E-state index contributed by atoms with van der Waals surface area (Å²) < 4.78 is 25.1. The van der Waals surface area contributed by atoms with Crippen LogP contribution in [0.15, 0.2) is 0 Å². The summed E-state index contributed by atoms with van der Waals surface area (Å²) in [4.78, 5) is 0. The van der Waals surface area contributed by atoms with Crippen molar-refractivity contribution in [3.63, 3.8) is 0 Å². The van der Waals surface area contributed by atoms with E-state index in [2.05, 4.69) is 5.92 Å². The number of aliphatic hydroxyl groups excluding tert-OH is 1. The molecule has 3 heteroatoms. The van der Waals surface area contributed by atoms with Gasteiger partial charge in [-0.3, -0.25) is 0 Å². The van der Waals surface area contributed by atoms with Gasteiger partial charge in [0.05, 0.1) is 6.10 Å². The number of aliphatic hydroxyl groups is 1. The minimum Gasteiger partial charge on any atom is -0.393 e. The summed E-state index contributed by atoms with van der Waals surface area (Å²) in [5.41, 5.74) is 0. The van der Waals surface area contributed by atoms with E-state index in [1.165, 1.54) is 0 Å². The third-order valence-corrected chi connectivity index (χ3v) is 1.60. The molecule has 0 saturated carbocycles. The van der Waals surface area contributed by atoms with Gasteiger partial charge in [0.25, 0.3) is 0 Å². The van der Waals surface area contributed by atoms with Crippen LogP contribution in [0.1, 0.15) is 25.7 Å². The Morgan fingerprint density at radius 2 is 2.18 bits per heavy atom. The molecule has 0 amide bonds. The molecule has 62 valence electrons. The number of hydrogen-bond donors (Lipinski definition) is 1. The summed E-state index contributed by atoms with van der Waals surface area (Å²) in [7, 11) is 0. The molecule has 0 aromatic rings. The minimum atomic E-state index is -2.99. The van der Waals surface area contributed by atoms with Gasteiger partial charge in [0.2, 0.25) is 0 Å². The van der Waals surface area contributed by atoms with Gasteiger partial charge in [-0.05, 0) is 18.8 Å². The lowest BCUT2D eigenvalue weighted by molar-refractivity contribution is 0.00191. The van der Waals surface area contributed by atoms with Crippen LogP contribution >= 0.6 is 0 Å². The quantitative estimate of drug-likeness (QED) is 0.533. The monoisotopic (exact) mass is 160 g/mol. The summed E-state index contributed by atoms with van der Waals surface area (Å²) in [6.07, 6.45) is 0.209. The SMILES string of the molecule is OC1CCCC#CC(F)(F)C1. The summed E-state index contributed by atoms with van der Waals surface area (Å²) in [5.74, 6) is 1.25. The zero-order chi connectivity index (χ0) is 8.32. The van der Waals surface area contributed by atoms with Gasteiger partial charge in [0.1, 0.15) is 0 Å². The zero-order valence-corrected chi connectivity index (χ0v) is 6.11. The first-order chi connectivity index (χ1) is 5.10. The second kappa shape index (κ2) is 3.19. The van der Waals surface area contributed by atoms with Crippen LogP contribution in [-0.2, 0) is 0 Å². The third-order valence-electron chi connectivity index (χ3n) is 1.60. The van der Waals surface area contributed by atoms with Gasteiger partial charge >= 0.3 is 5.92 Å². The Morgan fingerprint density at radius 1 is 1.45 bits per heavy atom. The minimum absolute atomic E-state index is 0.435. The van der Waals surface area contributed by atoms with Gasteiger partial charge in [-0.15, -0.1) is 0 Å². The van der Waals surface area contributed by atoms with E-state index in [4.69, 9.17) is 5.11 Å². The van der Waals surface area contributed by atoms with Crippen molar-refractivity contribution >= 4 is 0 Å². The van der Waals surface area contributed by atoms with Crippen LogP contribution in [0.4, 0.5) is 8.78 Å². The molecule has 0 fully saturated rings. The molecule has 0 heterocycles. The molecule has 1 atom stereocenters. The predicted octanol–water partition coefficient (Wildman–Crippen LogP) is 1.56. The van der Waals surface area contributed by atoms with E-state index < -0.39 is 18.4 Å². The first-order valence-corrected chi connectivity index (χ1v) is 3.66. The van der Waals surface area contributed by atoms with Crippen LogP contribution in [0.25, 0.3) is 0 Å². The number of halogens is 2. The van der Waals surface area contributed by atoms with E-state index in [1.807, 2.05) is 5.92 Å². The maximum Gasteiger partial charge on any atom is 0.310 e. The zero-order valence-electron chi connectivity index (χ0n) is 6.11. The Balaban J connectivity index is 2.64. The second-order valence-corrected chi connectivity index (χ2v) is 2.76. The van der Waals surface area contributed by atoms with E-state index in [0.29, 0.717) is 19.3 Å². The fraction of sp³-hybridized carbons (Fsp3) is 0.750. The molecule has 1 N–H and O–H groups in total. The third kappa shape index (κ3) is 2.85. The van der Waals surface area contributed by atoms with Gasteiger partial charge < -0.3 is 5.11 Å². The van der Waals surface area contributed by atoms with Crippen molar-refractivity contribution in [2.24, 2.45) is 0 Å². The highest BCUT2D eigenvalue weighted by Gasteiger charge is 2.29. The van der Waals surface area contributed by atoms with E-state index in [0.717, 1.165) is 0 Å². The highest BCUT2D eigenvalue weighted by atomic mass is 19.3. The van der Waals surface area contributed by atoms with E-state index in [-0.39, 0.29) is 0 Å². The Morgan fingerprint density at radius 3 is 2.91 bits per heavy atom. The molecular formula is C8H10F2O. The van der Waals surface area contributed by atoms with Crippen molar-refractivity contribution in [1.29, 1.82) is 0 Å². The molecule has 0 spiro atoms. The van der Waals surface area contributed by atoms with Crippen molar-refractivity contribution in [3.8, 4) is 11.8 Å². The molecule has 0 bridgehead atoms. The van der Waals surface area contributed by atoms with Gasteiger partial charge in [0, 0.05) is 12.8 Å². The van der Waals surface area contributed by atoms with Crippen molar-refractivity contribution in [2.75, 3.05) is 0 Å². The van der Waals surface area contributed by atoms with Gasteiger partial charge in [-0.2, -0.15) is 8.78 Å². The molecule has 0 radical (unpaired) electrons. The van der Waals surface area contributed by atoms with Crippen molar-refractivity contribution in [3.05, 3.63) is 0 Å². The fourth-order valence-corrected chi connectivity index (χ4v) is 1.07. The first kappa shape index (κ1) is 8.48. The highest BCUT2D eigenvalue weighted by Crippen LogP contribution is 2.23. The Bertz CT molecular complexity index is 190. The van der Waals surface area contributed by atoms with E-state index in [1.54, 1.807) is 0 Å². The Labute approximate surface area is 64.4 Å². The van der Waals surface area contributed by atoms with Crippen molar-refractivity contribution in [1.82, 2.24) is 0 Å². The maximum absolute atomic E-state index is 12.6. The van der Waals surface area contributed by atoms with Crippen LogP contribution in [0, 0.1) is 11.8 Å². The lowest BCUT2D eigenvalue weighted by atomic mass is 10.0. The standard InChI is InChI=1S/C8H10F2O/c9-8(10)5-3-1-2-4-7(11)6-8/h7,11H,1-2,4,6H2. The van der Waals surface area contributed by atoms with Crippen LogP contribution in [-0.4, -0.2) is 17.1 Å². The molecule has 11 heavy (non-hydrogen) atoms. The smallest absolute Gasteiger partial charge is 0.310 e. The summed E-state index contributed by atoms with van der Waals surface area (Å²) in [6, 6.07) is 0. The van der Waals surface area contributed by atoms with Crippen LogP contribution in [0.2, 0.25) is 0 Å². The maximum atomic E-state index is 12.6. The highest BCUT2D eigenvalue weighted by molar-refractivity contribution is 5.10. The predicted molar refractivity (Wildman–Crippen MR) is 37.2 cm³/mol. The van der Waals surface area contributed by atoms with Gasteiger partial charge in [0.15, 0.2) is 0 Å². The molecule has 1 rings (SSSR count). The molecule has 1 unspecified atom stereocenters. The lowest BCUT2D eigenvalue weighted by Crippen LogP contribution is -2.23. The summed E-state index contributed by atoms with van der Waals surface area (Å²) in [5, 5.41) is 9.00. The molecule has 1 aliphatic rings. The van der Waals surface area contributed by atoms with Crippen molar-refractivity contribution in [2.45, 2.75) is 37.7 Å². The first-order valence-electron chi connectivity index (χ1n) is 3.66. The van der Waals surface area contributed by atoms with Crippen LogP contribution in [0.5, 0.6) is 0 Å².